The Hall–Kier alpha value is -2.99. The maximum absolute atomic E-state index is 11.4. The Balaban J connectivity index is 1.55. The van der Waals surface area contributed by atoms with Crippen molar-refractivity contribution in [1.82, 2.24) is 14.9 Å². The lowest BCUT2D eigenvalue weighted by atomic mass is 10.1. The van der Waals surface area contributed by atoms with Crippen LogP contribution >= 0.6 is 0 Å². The molecule has 1 aliphatic heterocycles. The Morgan fingerprint density at radius 1 is 1.23 bits per heavy atom. The zero-order chi connectivity index (χ0) is 17.9. The first-order valence-electron chi connectivity index (χ1n) is 8.64. The molecule has 0 amide bonds. The van der Waals surface area contributed by atoms with Gasteiger partial charge >= 0.3 is 5.97 Å². The van der Waals surface area contributed by atoms with Gasteiger partial charge in [-0.05, 0) is 43.7 Å². The van der Waals surface area contributed by atoms with Crippen LogP contribution < -0.4 is 0 Å². The van der Waals surface area contributed by atoms with E-state index in [1.54, 1.807) is 30.7 Å². The summed E-state index contributed by atoms with van der Waals surface area (Å²) in [5.41, 5.74) is 1.87. The highest BCUT2D eigenvalue weighted by Gasteiger charge is 2.28. The smallest absolute Gasteiger partial charge is 0.336 e. The summed E-state index contributed by atoms with van der Waals surface area (Å²) in [5, 5.41) is 9.36. The second-order valence-corrected chi connectivity index (χ2v) is 6.38. The van der Waals surface area contributed by atoms with E-state index in [1.165, 1.54) is 0 Å². The first kappa shape index (κ1) is 16.5. The second-order valence-electron chi connectivity index (χ2n) is 6.38. The number of nitrogens with zero attached hydrogens (tertiary/aromatic N) is 3. The molecule has 132 valence electrons. The molecular formula is C20H19N3O3. The lowest BCUT2D eigenvalue weighted by Gasteiger charge is -2.22. The highest BCUT2D eigenvalue weighted by Crippen LogP contribution is 2.33. The van der Waals surface area contributed by atoms with Gasteiger partial charge in [-0.3, -0.25) is 4.90 Å². The second kappa shape index (κ2) is 7.09. The summed E-state index contributed by atoms with van der Waals surface area (Å²) in [5.74, 6) is 0.443. The summed E-state index contributed by atoms with van der Waals surface area (Å²) < 4.78 is 5.97. The van der Waals surface area contributed by atoms with Crippen molar-refractivity contribution in [1.29, 1.82) is 0 Å². The van der Waals surface area contributed by atoms with Gasteiger partial charge in [0.05, 0.1) is 23.8 Å². The molecule has 0 bridgehead atoms. The fourth-order valence-electron chi connectivity index (χ4n) is 3.54. The molecule has 0 aliphatic carbocycles. The van der Waals surface area contributed by atoms with Crippen LogP contribution in [0.5, 0.6) is 0 Å². The Morgan fingerprint density at radius 3 is 2.92 bits per heavy atom. The van der Waals surface area contributed by atoms with Gasteiger partial charge in [0.1, 0.15) is 17.8 Å². The standard InChI is InChI=1S/C20H19N3O3/c24-20(25)16-5-2-1-4-15(16)19-8-7-14(26-19)12-23-11-3-6-18(23)17-9-10-21-13-22-17/h1-2,4-5,7-10,13,18H,3,6,11-12H2,(H,24,25). The predicted octanol–water partition coefficient (Wildman–Crippen LogP) is 3.77. The van der Waals surface area contributed by atoms with Crippen LogP contribution in [0.1, 0.15) is 40.7 Å². The van der Waals surface area contributed by atoms with Crippen molar-refractivity contribution in [3.63, 3.8) is 0 Å². The van der Waals surface area contributed by atoms with E-state index in [1.807, 2.05) is 24.3 Å². The van der Waals surface area contributed by atoms with E-state index < -0.39 is 5.97 Å². The van der Waals surface area contributed by atoms with Crippen LogP contribution in [-0.4, -0.2) is 32.5 Å². The van der Waals surface area contributed by atoms with Gasteiger partial charge in [-0.15, -0.1) is 0 Å². The summed E-state index contributed by atoms with van der Waals surface area (Å²) in [4.78, 5) is 22.1. The van der Waals surface area contributed by atoms with Crippen molar-refractivity contribution in [2.75, 3.05) is 6.54 Å². The van der Waals surface area contributed by atoms with Gasteiger partial charge < -0.3 is 9.52 Å². The van der Waals surface area contributed by atoms with Crippen molar-refractivity contribution >= 4 is 5.97 Å². The largest absolute Gasteiger partial charge is 0.478 e. The van der Waals surface area contributed by atoms with E-state index in [9.17, 15) is 9.90 Å². The molecule has 0 spiro atoms. The Labute approximate surface area is 151 Å². The molecule has 1 N–H and O–H groups in total. The molecule has 3 heterocycles. The summed E-state index contributed by atoms with van der Waals surface area (Å²) in [6.07, 6.45) is 5.53. The van der Waals surface area contributed by atoms with Gasteiger partial charge in [0, 0.05) is 11.8 Å². The molecule has 2 aromatic heterocycles. The van der Waals surface area contributed by atoms with Crippen molar-refractivity contribution in [3.8, 4) is 11.3 Å². The number of benzene rings is 1. The average Bonchev–Trinajstić information content (AvgIpc) is 3.32. The molecule has 1 aromatic carbocycles. The normalized spacial score (nSPS) is 17.5. The minimum absolute atomic E-state index is 0.244. The number of likely N-dealkylation sites (tertiary alicyclic amines) is 1. The number of carbonyl (C=O) groups is 1. The SMILES string of the molecule is O=C(O)c1ccccc1-c1ccc(CN2CCCC2c2ccncn2)o1. The molecule has 6 nitrogen and oxygen atoms in total. The quantitative estimate of drug-likeness (QED) is 0.755. The minimum atomic E-state index is -0.957. The molecule has 1 unspecified atom stereocenters. The van der Waals surface area contributed by atoms with E-state index in [0.717, 1.165) is 30.8 Å². The molecule has 1 atom stereocenters. The highest BCUT2D eigenvalue weighted by atomic mass is 16.4. The van der Waals surface area contributed by atoms with Gasteiger partial charge in [0.2, 0.25) is 0 Å². The van der Waals surface area contributed by atoms with Crippen LogP contribution in [0, 0.1) is 0 Å². The average molecular weight is 349 g/mol. The van der Waals surface area contributed by atoms with E-state index in [2.05, 4.69) is 14.9 Å². The van der Waals surface area contributed by atoms with Crippen molar-refractivity contribution < 1.29 is 14.3 Å². The molecule has 0 radical (unpaired) electrons. The Bertz CT molecular complexity index is 907. The lowest BCUT2D eigenvalue weighted by molar-refractivity contribution is 0.0697. The van der Waals surface area contributed by atoms with Gasteiger partial charge in [0.25, 0.3) is 0 Å². The van der Waals surface area contributed by atoms with Crippen LogP contribution in [0.2, 0.25) is 0 Å². The van der Waals surface area contributed by atoms with Crippen LogP contribution in [0.3, 0.4) is 0 Å². The monoisotopic (exact) mass is 349 g/mol. The van der Waals surface area contributed by atoms with Crippen LogP contribution in [0.15, 0.2) is 59.4 Å². The molecular weight excluding hydrogens is 330 g/mol. The summed E-state index contributed by atoms with van der Waals surface area (Å²) in [7, 11) is 0. The van der Waals surface area contributed by atoms with E-state index in [4.69, 9.17) is 4.42 Å². The minimum Gasteiger partial charge on any atom is -0.478 e. The fourth-order valence-corrected chi connectivity index (χ4v) is 3.54. The number of hydrogen-bond donors (Lipinski definition) is 1. The highest BCUT2D eigenvalue weighted by molar-refractivity contribution is 5.95. The summed E-state index contributed by atoms with van der Waals surface area (Å²) in [6.45, 7) is 1.65. The Kier molecular flexibility index (Phi) is 4.50. The molecule has 26 heavy (non-hydrogen) atoms. The Morgan fingerprint density at radius 2 is 2.12 bits per heavy atom. The van der Waals surface area contributed by atoms with Gasteiger partial charge in [0.15, 0.2) is 0 Å². The maximum atomic E-state index is 11.4. The maximum Gasteiger partial charge on any atom is 0.336 e. The summed E-state index contributed by atoms with van der Waals surface area (Å²) in [6, 6.07) is 12.9. The number of carboxylic acids is 1. The molecule has 1 aliphatic rings. The third-order valence-electron chi connectivity index (χ3n) is 4.75. The van der Waals surface area contributed by atoms with Crippen LogP contribution in [0.4, 0.5) is 0 Å². The number of aromatic carboxylic acids is 1. The molecule has 6 heteroatoms. The van der Waals surface area contributed by atoms with Crippen molar-refractivity contribution in [2.45, 2.75) is 25.4 Å². The lowest BCUT2D eigenvalue weighted by Crippen LogP contribution is -2.23. The number of furan rings is 1. The molecule has 3 aromatic rings. The number of aromatic nitrogens is 2. The first-order valence-corrected chi connectivity index (χ1v) is 8.64. The molecule has 4 rings (SSSR count). The third kappa shape index (κ3) is 3.23. The molecule has 0 saturated carbocycles. The number of hydrogen-bond acceptors (Lipinski definition) is 5. The number of carboxylic acid groups (broad SMARTS) is 1. The third-order valence-corrected chi connectivity index (χ3v) is 4.75. The van der Waals surface area contributed by atoms with E-state index in [0.29, 0.717) is 17.9 Å². The zero-order valence-electron chi connectivity index (χ0n) is 14.2. The van der Waals surface area contributed by atoms with Gasteiger partial charge in [-0.1, -0.05) is 18.2 Å². The zero-order valence-corrected chi connectivity index (χ0v) is 14.2. The van der Waals surface area contributed by atoms with Gasteiger partial charge in [-0.25, -0.2) is 14.8 Å². The summed E-state index contributed by atoms with van der Waals surface area (Å²) >= 11 is 0. The van der Waals surface area contributed by atoms with Crippen LogP contribution in [-0.2, 0) is 6.54 Å². The van der Waals surface area contributed by atoms with Crippen LogP contribution in [0.25, 0.3) is 11.3 Å². The van der Waals surface area contributed by atoms with E-state index in [-0.39, 0.29) is 11.6 Å². The number of rotatable bonds is 5. The van der Waals surface area contributed by atoms with Crippen molar-refractivity contribution in [2.24, 2.45) is 0 Å². The first-order chi connectivity index (χ1) is 12.7. The predicted molar refractivity (Wildman–Crippen MR) is 95.5 cm³/mol. The van der Waals surface area contributed by atoms with Gasteiger partial charge in [-0.2, -0.15) is 0 Å². The molecule has 1 fully saturated rings. The van der Waals surface area contributed by atoms with E-state index >= 15 is 0 Å². The molecule has 1 saturated heterocycles. The van der Waals surface area contributed by atoms with Crippen molar-refractivity contribution in [3.05, 3.63) is 72.0 Å². The topological polar surface area (TPSA) is 79.5 Å². The fraction of sp³-hybridized carbons (Fsp3) is 0.250.